The van der Waals surface area contributed by atoms with Gasteiger partial charge in [-0.1, -0.05) is 13.8 Å². The first-order valence-electron chi connectivity index (χ1n) is 6.72. The molecule has 1 aliphatic rings. The summed E-state index contributed by atoms with van der Waals surface area (Å²) in [6, 6.07) is -0.756. The molecule has 1 rings (SSSR count). The number of rotatable bonds is 6. The first-order valence-corrected chi connectivity index (χ1v) is 6.72. The Kier molecular flexibility index (Phi) is 6.12. The highest BCUT2D eigenvalue weighted by molar-refractivity contribution is 5.83. The van der Waals surface area contributed by atoms with Crippen molar-refractivity contribution in [2.75, 3.05) is 13.1 Å². The maximum absolute atomic E-state index is 11.8. The third-order valence-corrected chi connectivity index (χ3v) is 3.21. The lowest BCUT2D eigenvalue weighted by molar-refractivity contribution is -0.142. The van der Waals surface area contributed by atoms with Crippen LogP contribution in [0.4, 0.5) is 0 Å². The van der Waals surface area contributed by atoms with Gasteiger partial charge in [-0.3, -0.25) is 4.79 Å². The molecule has 1 fully saturated rings. The van der Waals surface area contributed by atoms with Crippen molar-refractivity contribution in [1.29, 1.82) is 0 Å². The van der Waals surface area contributed by atoms with E-state index < -0.39 is 12.0 Å². The van der Waals surface area contributed by atoms with E-state index in [1.807, 2.05) is 13.8 Å². The van der Waals surface area contributed by atoms with Crippen LogP contribution in [0.15, 0.2) is 0 Å². The summed E-state index contributed by atoms with van der Waals surface area (Å²) < 4.78 is 0. The van der Waals surface area contributed by atoms with Crippen LogP contribution in [0.25, 0.3) is 0 Å². The quantitative estimate of drug-likeness (QED) is 0.662. The summed E-state index contributed by atoms with van der Waals surface area (Å²) >= 11 is 0. The van der Waals surface area contributed by atoms with Gasteiger partial charge in [0.25, 0.3) is 0 Å². The van der Waals surface area contributed by atoms with Gasteiger partial charge in [-0.25, -0.2) is 4.79 Å². The second kappa shape index (κ2) is 7.36. The van der Waals surface area contributed by atoms with Crippen molar-refractivity contribution in [3.05, 3.63) is 0 Å². The van der Waals surface area contributed by atoms with Crippen molar-refractivity contribution >= 4 is 11.9 Å². The predicted octanol–water partition coefficient (Wildman–Crippen LogP) is 0.992. The van der Waals surface area contributed by atoms with Crippen molar-refractivity contribution in [3.8, 4) is 0 Å². The second-order valence-corrected chi connectivity index (χ2v) is 5.50. The van der Waals surface area contributed by atoms with Crippen molar-refractivity contribution in [2.24, 2.45) is 11.8 Å². The Labute approximate surface area is 108 Å². The summed E-state index contributed by atoms with van der Waals surface area (Å²) in [6.45, 7) is 5.78. The van der Waals surface area contributed by atoms with Crippen LogP contribution in [0.2, 0.25) is 0 Å². The first-order chi connectivity index (χ1) is 8.49. The number of piperidine rings is 1. The van der Waals surface area contributed by atoms with Crippen molar-refractivity contribution in [3.63, 3.8) is 0 Å². The number of carboxylic acid groups (broad SMARTS) is 1. The van der Waals surface area contributed by atoms with Crippen molar-refractivity contribution in [2.45, 2.75) is 45.6 Å². The zero-order valence-corrected chi connectivity index (χ0v) is 11.2. The van der Waals surface area contributed by atoms with E-state index >= 15 is 0 Å². The average Bonchev–Trinajstić information content (AvgIpc) is 2.28. The lowest BCUT2D eigenvalue weighted by atomic mass is 9.95. The topological polar surface area (TPSA) is 78.4 Å². The van der Waals surface area contributed by atoms with Gasteiger partial charge in [0.15, 0.2) is 0 Å². The Balaban J connectivity index is 2.37. The predicted molar refractivity (Wildman–Crippen MR) is 69.2 cm³/mol. The Bertz CT molecular complexity index is 286. The van der Waals surface area contributed by atoms with Gasteiger partial charge in [0.2, 0.25) is 5.91 Å². The van der Waals surface area contributed by atoms with Gasteiger partial charge in [-0.05, 0) is 44.2 Å². The summed E-state index contributed by atoms with van der Waals surface area (Å²) in [4.78, 5) is 22.8. The third kappa shape index (κ3) is 5.49. The van der Waals surface area contributed by atoms with E-state index in [4.69, 9.17) is 5.11 Å². The fourth-order valence-corrected chi connectivity index (χ4v) is 2.31. The van der Waals surface area contributed by atoms with E-state index in [0.29, 0.717) is 18.8 Å². The van der Waals surface area contributed by atoms with Crippen LogP contribution < -0.4 is 10.6 Å². The summed E-state index contributed by atoms with van der Waals surface area (Å²) in [5.41, 5.74) is 0. The smallest absolute Gasteiger partial charge is 0.326 e. The Morgan fingerprint density at radius 2 is 2.17 bits per heavy atom. The molecule has 1 heterocycles. The Morgan fingerprint density at radius 3 is 2.67 bits per heavy atom. The van der Waals surface area contributed by atoms with Crippen LogP contribution in [0.5, 0.6) is 0 Å². The van der Waals surface area contributed by atoms with Gasteiger partial charge in [-0.2, -0.15) is 0 Å². The van der Waals surface area contributed by atoms with Crippen LogP contribution in [0.3, 0.4) is 0 Å². The van der Waals surface area contributed by atoms with E-state index in [-0.39, 0.29) is 11.8 Å². The normalized spacial score (nSPS) is 21.6. The van der Waals surface area contributed by atoms with Crippen molar-refractivity contribution < 1.29 is 14.7 Å². The van der Waals surface area contributed by atoms with E-state index in [1.165, 1.54) is 0 Å². The average molecular weight is 256 g/mol. The second-order valence-electron chi connectivity index (χ2n) is 5.50. The largest absolute Gasteiger partial charge is 0.480 e. The summed E-state index contributed by atoms with van der Waals surface area (Å²) in [5, 5.41) is 14.9. The zero-order valence-electron chi connectivity index (χ0n) is 11.2. The van der Waals surface area contributed by atoms with Gasteiger partial charge in [0, 0.05) is 6.42 Å². The number of nitrogens with one attached hydrogen (secondary N) is 2. The molecule has 0 saturated carbocycles. The molecule has 0 bridgehead atoms. The molecule has 5 heteroatoms. The number of hydrogen-bond acceptors (Lipinski definition) is 3. The highest BCUT2D eigenvalue weighted by Crippen LogP contribution is 2.14. The fraction of sp³-hybridized carbons (Fsp3) is 0.846. The zero-order chi connectivity index (χ0) is 13.5. The fourth-order valence-electron chi connectivity index (χ4n) is 2.31. The van der Waals surface area contributed by atoms with E-state index in [0.717, 1.165) is 25.9 Å². The highest BCUT2D eigenvalue weighted by atomic mass is 16.4. The van der Waals surface area contributed by atoms with Gasteiger partial charge in [-0.15, -0.1) is 0 Å². The highest BCUT2D eigenvalue weighted by Gasteiger charge is 2.23. The summed E-state index contributed by atoms with van der Waals surface area (Å²) in [6.07, 6.45) is 3.04. The van der Waals surface area contributed by atoms with Gasteiger partial charge < -0.3 is 15.7 Å². The molecular formula is C13H24N2O3. The van der Waals surface area contributed by atoms with E-state index in [9.17, 15) is 9.59 Å². The van der Waals surface area contributed by atoms with E-state index in [1.54, 1.807) is 0 Å². The lowest BCUT2D eigenvalue weighted by Crippen LogP contribution is -2.43. The van der Waals surface area contributed by atoms with Crippen LogP contribution >= 0.6 is 0 Å². The minimum atomic E-state index is -0.946. The van der Waals surface area contributed by atoms with Crippen LogP contribution in [-0.2, 0) is 9.59 Å². The molecule has 1 saturated heterocycles. The van der Waals surface area contributed by atoms with E-state index in [2.05, 4.69) is 10.6 Å². The molecule has 0 aromatic heterocycles. The van der Waals surface area contributed by atoms with Gasteiger partial charge in [0.1, 0.15) is 6.04 Å². The molecule has 1 amide bonds. The Hall–Kier alpha value is -1.10. The molecule has 3 N–H and O–H groups in total. The van der Waals surface area contributed by atoms with Crippen LogP contribution in [0.1, 0.15) is 39.5 Å². The number of aliphatic carboxylic acids is 1. The van der Waals surface area contributed by atoms with Crippen molar-refractivity contribution in [1.82, 2.24) is 10.6 Å². The molecule has 0 aromatic carbocycles. The lowest BCUT2D eigenvalue weighted by Gasteiger charge is -2.23. The SMILES string of the molecule is CC(C)CC(NC(=O)CC1CCCNC1)C(=O)O. The molecule has 5 nitrogen and oxygen atoms in total. The molecule has 0 aliphatic carbocycles. The third-order valence-electron chi connectivity index (χ3n) is 3.21. The maximum atomic E-state index is 11.8. The molecule has 0 spiro atoms. The minimum Gasteiger partial charge on any atom is -0.480 e. The number of carbonyl (C=O) groups is 2. The summed E-state index contributed by atoms with van der Waals surface area (Å²) in [5.74, 6) is -0.495. The maximum Gasteiger partial charge on any atom is 0.326 e. The molecular weight excluding hydrogens is 232 g/mol. The van der Waals surface area contributed by atoms with Gasteiger partial charge >= 0.3 is 5.97 Å². The molecule has 0 aromatic rings. The van der Waals surface area contributed by atoms with Crippen LogP contribution in [-0.4, -0.2) is 36.1 Å². The number of carbonyl (C=O) groups excluding carboxylic acids is 1. The first kappa shape index (κ1) is 15.0. The standard InChI is InChI=1S/C13H24N2O3/c1-9(2)6-11(13(17)18)15-12(16)7-10-4-3-5-14-8-10/h9-11,14H,3-8H2,1-2H3,(H,15,16)(H,17,18). The summed E-state index contributed by atoms with van der Waals surface area (Å²) in [7, 11) is 0. The van der Waals surface area contributed by atoms with Gasteiger partial charge in [0.05, 0.1) is 0 Å². The molecule has 104 valence electrons. The Morgan fingerprint density at radius 1 is 1.44 bits per heavy atom. The van der Waals surface area contributed by atoms with Crippen LogP contribution in [0, 0.1) is 11.8 Å². The number of carboxylic acids is 1. The monoisotopic (exact) mass is 256 g/mol. The molecule has 18 heavy (non-hydrogen) atoms. The molecule has 2 atom stereocenters. The number of amides is 1. The molecule has 0 radical (unpaired) electrons. The molecule has 1 aliphatic heterocycles. The minimum absolute atomic E-state index is 0.142. The molecule has 2 unspecified atom stereocenters. The number of hydrogen-bond donors (Lipinski definition) is 3.